The Morgan fingerprint density at radius 1 is 0.714 bits per heavy atom. The van der Waals surface area contributed by atoms with Crippen LogP contribution in [0.4, 0.5) is 0 Å². The van der Waals surface area contributed by atoms with Gasteiger partial charge in [-0.25, -0.2) is 0 Å². The summed E-state index contributed by atoms with van der Waals surface area (Å²) in [7, 11) is 0. The Hall–Kier alpha value is -2.55. The summed E-state index contributed by atoms with van der Waals surface area (Å²) in [4.78, 5) is 11.6. The Morgan fingerprint density at radius 3 is 1.66 bits per heavy atom. The SMILES string of the molecule is CCCCCCCCCCCCCCCC(CC(=O)O)Oc1c2ccccc2cc2ccccc12. The van der Waals surface area contributed by atoms with Gasteiger partial charge in [0, 0.05) is 10.8 Å². The van der Waals surface area contributed by atoms with E-state index >= 15 is 0 Å². The van der Waals surface area contributed by atoms with E-state index in [2.05, 4.69) is 37.3 Å². The summed E-state index contributed by atoms with van der Waals surface area (Å²) in [5, 5.41) is 13.9. The third-order valence-electron chi connectivity index (χ3n) is 7.04. The molecule has 190 valence electrons. The van der Waals surface area contributed by atoms with Gasteiger partial charge >= 0.3 is 5.97 Å². The van der Waals surface area contributed by atoms with Gasteiger partial charge in [0.05, 0.1) is 6.42 Å². The molecule has 0 amide bonds. The number of fused-ring (bicyclic) bond motifs is 2. The second kappa shape index (κ2) is 15.4. The first kappa shape index (κ1) is 27.0. The van der Waals surface area contributed by atoms with Gasteiger partial charge < -0.3 is 9.84 Å². The number of ether oxygens (including phenoxy) is 1. The Kier molecular flexibility index (Phi) is 11.9. The first-order chi connectivity index (χ1) is 17.2. The van der Waals surface area contributed by atoms with Crippen LogP contribution in [0.2, 0.25) is 0 Å². The van der Waals surface area contributed by atoms with Crippen molar-refractivity contribution in [3.8, 4) is 5.75 Å². The van der Waals surface area contributed by atoms with E-state index in [9.17, 15) is 9.90 Å². The highest BCUT2D eigenvalue weighted by molar-refractivity contribution is 6.05. The Morgan fingerprint density at radius 2 is 1.17 bits per heavy atom. The normalized spacial score (nSPS) is 12.3. The van der Waals surface area contributed by atoms with E-state index in [0.717, 1.165) is 46.6 Å². The van der Waals surface area contributed by atoms with Crippen molar-refractivity contribution < 1.29 is 14.6 Å². The van der Waals surface area contributed by atoms with Crippen LogP contribution in [0.3, 0.4) is 0 Å². The Balaban J connectivity index is 1.45. The number of carbonyl (C=O) groups is 1. The van der Waals surface area contributed by atoms with E-state index in [1.165, 1.54) is 70.6 Å². The molecule has 1 N–H and O–H groups in total. The molecule has 0 saturated heterocycles. The number of aliphatic carboxylic acids is 1. The highest BCUT2D eigenvalue weighted by atomic mass is 16.5. The fraction of sp³-hybridized carbons (Fsp3) is 0.531. The molecule has 0 bridgehead atoms. The lowest BCUT2D eigenvalue weighted by Crippen LogP contribution is -2.21. The smallest absolute Gasteiger partial charge is 0.307 e. The minimum Gasteiger partial charge on any atom is -0.489 e. The predicted octanol–water partition coefficient (Wildman–Crippen LogP) is 9.70. The summed E-state index contributed by atoms with van der Waals surface area (Å²) >= 11 is 0. The van der Waals surface area contributed by atoms with Crippen molar-refractivity contribution in [3.63, 3.8) is 0 Å². The third kappa shape index (κ3) is 9.20. The average Bonchev–Trinajstić information content (AvgIpc) is 2.86. The van der Waals surface area contributed by atoms with Crippen molar-refractivity contribution in [2.45, 2.75) is 109 Å². The van der Waals surface area contributed by atoms with E-state index in [1.54, 1.807) is 0 Å². The van der Waals surface area contributed by atoms with Gasteiger partial charge in [-0.3, -0.25) is 4.79 Å². The standard InChI is InChI=1S/C32H44O3/c1-2-3-4-5-6-7-8-9-10-11-12-13-14-21-28(25-31(33)34)35-32-29-22-17-15-19-26(29)24-27-20-16-18-23-30(27)32/h15-20,22-24,28H,2-14,21,25H2,1H3,(H,33,34). The van der Waals surface area contributed by atoms with E-state index in [1.807, 2.05) is 24.3 Å². The van der Waals surface area contributed by atoms with Gasteiger partial charge in [0.25, 0.3) is 0 Å². The number of carboxylic acid groups (broad SMARTS) is 1. The summed E-state index contributed by atoms with van der Waals surface area (Å²) in [5.74, 6) is 0.0221. The van der Waals surface area contributed by atoms with Crippen molar-refractivity contribution in [3.05, 3.63) is 54.6 Å². The molecule has 35 heavy (non-hydrogen) atoms. The van der Waals surface area contributed by atoms with E-state index in [0.29, 0.717) is 0 Å². The molecule has 0 spiro atoms. The Labute approximate surface area is 211 Å². The van der Waals surface area contributed by atoms with Crippen LogP contribution in [0.5, 0.6) is 5.75 Å². The van der Waals surface area contributed by atoms with Crippen LogP contribution in [0.15, 0.2) is 54.6 Å². The summed E-state index contributed by atoms with van der Waals surface area (Å²) < 4.78 is 6.48. The molecular formula is C32H44O3. The van der Waals surface area contributed by atoms with Crippen molar-refractivity contribution >= 4 is 27.5 Å². The summed E-state index contributed by atoms with van der Waals surface area (Å²) in [6.45, 7) is 2.27. The molecule has 0 aliphatic rings. The number of rotatable bonds is 18. The van der Waals surface area contributed by atoms with Crippen molar-refractivity contribution in [2.75, 3.05) is 0 Å². The van der Waals surface area contributed by atoms with Gasteiger partial charge in [0.1, 0.15) is 11.9 Å². The van der Waals surface area contributed by atoms with Gasteiger partial charge in [0.2, 0.25) is 0 Å². The lowest BCUT2D eigenvalue weighted by atomic mass is 10.0. The number of benzene rings is 3. The fourth-order valence-electron chi connectivity index (χ4n) is 5.05. The number of hydrogen-bond acceptors (Lipinski definition) is 2. The zero-order chi connectivity index (χ0) is 24.7. The largest absolute Gasteiger partial charge is 0.489 e. The first-order valence-corrected chi connectivity index (χ1v) is 14.0. The molecule has 0 radical (unpaired) electrons. The monoisotopic (exact) mass is 476 g/mol. The van der Waals surface area contributed by atoms with Crippen LogP contribution in [0.25, 0.3) is 21.5 Å². The molecular weight excluding hydrogens is 432 g/mol. The predicted molar refractivity (Wildman–Crippen MR) is 148 cm³/mol. The van der Waals surface area contributed by atoms with Gasteiger partial charge in [-0.2, -0.15) is 0 Å². The van der Waals surface area contributed by atoms with Crippen molar-refractivity contribution in [1.29, 1.82) is 0 Å². The molecule has 0 aromatic heterocycles. The van der Waals surface area contributed by atoms with Gasteiger partial charge in [0.15, 0.2) is 0 Å². The second-order valence-corrected chi connectivity index (χ2v) is 10.0. The second-order valence-electron chi connectivity index (χ2n) is 10.0. The lowest BCUT2D eigenvalue weighted by molar-refractivity contribution is -0.138. The van der Waals surface area contributed by atoms with Gasteiger partial charge in [-0.1, -0.05) is 133 Å². The zero-order valence-electron chi connectivity index (χ0n) is 21.6. The molecule has 0 aliphatic heterocycles. The maximum Gasteiger partial charge on any atom is 0.307 e. The molecule has 3 aromatic carbocycles. The maximum atomic E-state index is 11.6. The summed E-state index contributed by atoms with van der Waals surface area (Å²) in [5.41, 5.74) is 0. The zero-order valence-corrected chi connectivity index (χ0v) is 21.6. The summed E-state index contributed by atoms with van der Waals surface area (Å²) in [6, 6.07) is 18.6. The molecule has 0 aliphatic carbocycles. The number of hydrogen-bond donors (Lipinski definition) is 1. The molecule has 0 fully saturated rings. The molecule has 1 unspecified atom stereocenters. The minimum absolute atomic E-state index is 0.0375. The molecule has 3 aromatic rings. The van der Waals surface area contributed by atoms with Crippen LogP contribution < -0.4 is 4.74 Å². The van der Waals surface area contributed by atoms with Gasteiger partial charge in [-0.15, -0.1) is 0 Å². The molecule has 3 heteroatoms. The number of carboxylic acids is 1. The highest BCUT2D eigenvalue weighted by Gasteiger charge is 2.18. The van der Waals surface area contributed by atoms with E-state index < -0.39 is 5.97 Å². The first-order valence-electron chi connectivity index (χ1n) is 14.0. The maximum absolute atomic E-state index is 11.6. The molecule has 1 atom stereocenters. The van der Waals surface area contributed by atoms with Crippen LogP contribution in [-0.2, 0) is 4.79 Å². The molecule has 3 rings (SSSR count). The van der Waals surface area contributed by atoms with E-state index in [-0.39, 0.29) is 12.5 Å². The van der Waals surface area contributed by atoms with Gasteiger partial charge in [-0.05, 0) is 29.7 Å². The topological polar surface area (TPSA) is 46.5 Å². The quantitative estimate of drug-likeness (QED) is 0.147. The number of unbranched alkanes of at least 4 members (excludes halogenated alkanes) is 12. The van der Waals surface area contributed by atoms with Crippen LogP contribution >= 0.6 is 0 Å². The van der Waals surface area contributed by atoms with Crippen LogP contribution in [-0.4, -0.2) is 17.2 Å². The molecule has 0 saturated carbocycles. The minimum atomic E-state index is -0.797. The molecule has 3 nitrogen and oxygen atoms in total. The Bertz CT molecular complexity index is 972. The van der Waals surface area contributed by atoms with Crippen molar-refractivity contribution in [1.82, 2.24) is 0 Å². The fourth-order valence-corrected chi connectivity index (χ4v) is 5.05. The third-order valence-corrected chi connectivity index (χ3v) is 7.04. The van der Waals surface area contributed by atoms with Crippen LogP contribution in [0, 0.1) is 0 Å². The van der Waals surface area contributed by atoms with Crippen molar-refractivity contribution in [2.24, 2.45) is 0 Å². The lowest BCUT2D eigenvalue weighted by Gasteiger charge is -2.21. The average molecular weight is 477 g/mol. The highest BCUT2D eigenvalue weighted by Crippen LogP contribution is 2.36. The van der Waals surface area contributed by atoms with Crippen LogP contribution in [0.1, 0.15) is 103 Å². The summed E-state index contributed by atoms with van der Waals surface area (Å²) in [6.07, 6.45) is 17.5. The molecule has 0 heterocycles. The van der Waals surface area contributed by atoms with E-state index in [4.69, 9.17) is 4.74 Å².